The fourth-order valence-electron chi connectivity index (χ4n) is 3.25. The molecule has 0 saturated carbocycles. The number of aryl methyl sites for hydroxylation is 1. The lowest BCUT2D eigenvalue weighted by Gasteiger charge is -2.22. The molecule has 5 heteroatoms. The van der Waals surface area contributed by atoms with Crippen molar-refractivity contribution in [1.29, 1.82) is 0 Å². The van der Waals surface area contributed by atoms with Gasteiger partial charge in [0.05, 0.1) is 19.2 Å². The van der Waals surface area contributed by atoms with Gasteiger partial charge in [-0.25, -0.2) is 9.97 Å². The van der Waals surface area contributed by atoms with Crippen molar-refractivity contribution in [1.82, 2.24) is 9.97 Å². The Morgan fingerprint density at radius 1 is 0.964 bits per heavy atom. The molecule has 0 radical (unpaired) electrons. The molecular weight excluding hydrogens is 350 g/mol. The van der Waals surface area contributed by atoms with Crippen LogP contribution in [0.1, 0.15) is 38.4 Å². The van der Waals surface area contributed by atoms with Crippen LogP contribution in [0.25, 0.3) is 10.9 Å². The van der Waals surface area contributed by atoms with E-state index < -0.39 is 0 Å². The summed E-state index contributed by atoms with van der Waals surface area (Å²) in [6.07, 6.45) is 4.69. The first kappa shape index (κ1) is 19.9. The topological polar surface area (TPSA) is 47.5 Å². The zero-order chi connectivity index (χ0) is 19.9. The highest BCUT2D eigenvalue weighted by Crippen LogP contribution is 2.35. The fraction of sp³-hybridized carbons (Fsp3) is 0.391. The number of nitrogens with zero attached hydrogens (tertiary/aromatic N) is 3. The third kappa shape index (κ3) is 4.53. The number of benzene rings is 2. The molecule has 1 aromatic heterocycles. The Hall–Kier alpha value is -2.82. The summed E-state index contributed by atoms with van der Waals surface area (Å²) in [7, 11) is 3.69. The van der Waals surface area contributed by atoms with Crippen LogP contribution in [0.15, 0.2) is 42.5 Å². The van der Waals surface area contributed by atoms with E-state index in [1.54, 1.807) is 7.11 Å². The van der Waals surface area contributed by atoms with Gasteiger partial charge in [0.1, 0.15) is 11.6 Å². The van der Waals surface area contributed by atoms with Crippen molar-refractivity contribution in [2.45, 2.75) is 39.5 Å². The summed E-state index contributed by atoms with van der Waals surface area (Å²) in [5.41, 5.74) is 1.94. The highest BCUT2D eigenvalue weighted by molar-refractivity contribution is 5.91. The molecule has 0 atom stereocenters. The summed E-state index contributed by atoms with van der Waals surface area (Å²) in [4.78, 5) is 11.3. The summed E-state index contributed by atoms with van der Waals surface area (Å²) in [6, 6.07) is 14.1. The van der Waals surface area contributed by atoms with Crippen LogP contribution in [0, 0.1) is 6.92 Å². The van der Waals surface area contributed by atoms with Gasteiger partial charge in [-0.1, -0.05) is 38.3 Å². The number of ether oxygens (including phenoxy) is 2. The van der Waals surface area contributed by atoms with Crippen LogP contribution in [0.2, 0.25) is 0 Å². The monoisotopic (exact) mass is 379 g/mol. The van der Waals surface area contributed by atoms with Gasteiger partial charge in [0.15, 0.2) is 11.5 Å². The Morgan fingerprint density at radius 3 is 2.57 bits per heavy atom. The highest BCUT2D eigenvalue weighted by atomic mass is 16.5. The SMILES string of the molecule is CCCCCCOc1cc(N(C)c2nc(C)nc3ccccc23)ccc1OC. The van der Waals surface area contributed by atoms with Gasteiger partial charge in [-0.2, -0.15) is 0 Å². The summed E-state index contributed by atoms with van der Waals surface area (Å²) in [5.74, 6) is 3.14. The van der Waals surface area contributed by atoms with E-state index in [9.17, 15) is 0 Å². The lowest BCUT2D eigenvalue weighted by molar-refractivity contribution is 0.285. The molecule has 5 nitrogen and oxygen atoms in total. The predicted molar refractivity (Wildman–Crippen MR) is 115 cm³/mol. The van der Waals surface area contributed by atoms with E-state index in [1.165, 1.54) is 19.3 Å². The second-order valence-electron chi connectivity index (χ2n) is 6.91. The lowest BCUT2D eigenvalue weighted by Crippen LogP contribution is -2.13. The van der Waals surface area contributed by atoms with Crippen LogP contribution in [-0.2, 0) is 0 Å². The summed E-state index contributed by atoms with van der Waals surface area (Å²) >= 11 is 0. The first-order chi connectivity index (χ1) is 13.6. The van der Waals surface area contributed by atoms with Crippen molar-refractivity contribution in [2.24, 2.45) is 0 Å². The van der Waals surface area contributed by atoms with E-state index in [1.807, 2.05) is 50.4 Å². The molecule has 0 bridgehead atoms. The first-order valence-electron chi connectivity index (χ1n) is 9.92. The Morgan fingerprint density at radius 2 is 1.79 bits per heavy atom. The van der Waals surface area contributed by atoms with Crippen LogP contribution in [0.5, 0.6) is 11.5 Å². The lowest BCUT2D eigenvalue weighted by atomic mass is 10.2. The van der Waals surface area contributed by atoms with E-state index in [0.717, 1.165) is 46.2 Å². The molecule has 0 aliphatic heterocycles. The van der Waals surface area contributed by atoms with Crippen molar-refractivity contribution in [3.63, 3.8) is 0 Å². The number of anilines is 2. The molecule has 2 aromatic carbocycles. The average molecular weight is 380 g/mol. The molecule has 28 heavy (non-hydrogen) atoms. The molecule has 3 rings (SSSR count). The molecule has 0 aliphatic carbocycles. The number of unbranched alkanes of at least 4 members (excludes halogenated alkanes) is 3. The Balaban J connectivity index is 1.88. The van der Waals surface area contributed by atoms with E-state index in [-0.39, 0.29) is 0 Å². The molecule has 0 saturated heterocycles. The fourth-order valence-corrected chi connectivity index (χ4v) is 3.25. The minimum atomic E-state index is 0.694. The smallest absolute Gasteiger partial charge is 0.163 e. The van der Waals surface area contributed by atoms with Crippen LogP contribution < -0.4 is 14.4 Å². The minimum absolute atomic E-state index is 0.694. The zero-order valence-corrected chi connectivity index (χ0v) is 17.2. The van der Waals surface area contributed by atoms with Crippen LogP contribution >= 0.6 is 0 Å². The molecule has 1 heterocycles. The van der Waals surface area contributed by atoms with Crippen molar-refractivity contribution >= 4 is 22.4 Å². The number of para-hydroxylation sites is 1. The Kier molecular flexibility index (Phi) is 6.69. The molecule has 148 valence electrons. The average Bonchev–Trinajstić information content (AvgIpc) is 2.72. The maximum absolute atomic E-state index is 6.03. The molecule has 0 aliphatic rings. The largest absolute Gasteiger partial charge is 0.493 e. The number of fused-ring (bicyclic) bond motifs is 1. The standard InChI is InChI=1S/C23H29N3O2/c1-5-6-7-10-15-28-22-16-18(13-14-21(22)27-4)26(3)23-19-11-8-9-12-20(19)24-17(2)25-23/h8-9,11-14,16H,5-7,10,15H2,1-4H3. The maximum Gasteiger partial charge on any atom is 0.163 e. The van der Waals surface area contributed by atoms with Gasteiger partial charge in [0.25, 0.3) is 0 Å². The van der Waals surface area contributed by atoms with Crippen molar-refractivity contribution in [3.8, 4) is 11.5 Å². The molecule has 3 aromatic rings. The van der Waals surface area contributed by atoms with Crippen molar-refractivity contribution in [3.05, 3.63) is 48.3 Å². The van der Waals surface area contributed by atoms with Gasteiger partial charge in [0.2, 0.25) is 0 Å². The molecule has 0 N–H and O–H groups in total. The summed E-state index contributed by atoms with van der Waals surface area (Å²) in [6.45, 7) is 4.82. The van der Waals surface area contributed by atoms with E-state index in [4.69, 9.17) is 9.47 Å². The first-order valence-corrected chi connectivity index (χ1v) is 9.92. The van der Waals surface area contributed by atoms with E-state index in [0.29, 0.717) is 6.61 Å². The normalized spacial score (nSPS) is 10.9. The van der Waals surface area contributed by atoms with Crippen LogP contribution in [0.4, 0.5) is 11.5 Å². The third-order valence-electron chi connectivity index (χ3n) is 4.80. The van der Waals surface area contributed by atoms with E-state index in [2.05, 4.69) is 27.9 Å². The van der Waals surface area contributed by atoms with Crippen molar-refractivity contribution < 1.29 is 9.47 Å². The van der Waals surface area contributed by atoms with Gasteiger partial charge >= 0.3 is 0 Å². The minimum Gasteiger partial charge on any atom is -0.493 e. The molecule has 0 unspecified atom stereocenters. The molecular formula is C23H29N3O2. The Labute approximate surface area is 167 Å². The molecule has 0 spiro atoms. The summed E-state index contributed by atoms with van der Waals surface area (Å²) in [5, 5.41) is 1.02. The van der Waals surface area contributed by atoms with Gasteiger partial charge < -0.3 is 14.4 Å². The zero-order valence-electron chi connectivity index (χ0n) is 17.2. The van der Waals surface area contributed by atoms with Crippen molar-refractivity contribution in [2.75, 3.05) is 25.7 Å². The van der Waals surface area contributed by atoms with Gasteiger partial charge in [0, 0.05) is 24.2 Å². The second kappa shape index (κ2) is 9.40. The number of methoxy groups -OCH3 is 1. The quantitative estimate of drug-likeness (QED) is 0.448. The molecule has 0 fully saturated rings. The van der Waals surface area contributed by atoms with Gasteiger partial charge in [-0.15, -0.1) is 0 Å². The Bertz CT molecular complexity index is 927. The maximum atomic E-state index is 6.03. The van der Waals surface area contributed by atoms with Gasteiger partial charge in [-0.05, 0) is 37.6 Å². The third-order valence-corrected chi connectivity index (χ3v) is 4.80. The number of aromatic nitrogens is 2. The number of hydrogen-bond acceptors (Lipinski definition) is 5. The van der Waals surface area contributed by atoms with Gasteiger partial charge in [-0.3, -0.25) is 0 Å². The number of rotatable bonds is 9. The van der Waals surface area contributed by atoms with E-state index >= 15 is 0 Å². The van der Waals surface area contributed by atoms with Crippen LogP contribution in [0.3, 0.4) is 0 Å². The number of hydrogen-bond donors (Lipinski definition) is 0. The molecule has 0 amide bonds. The summed E-state index contributed by atoms with van der Waals surface area (Å²) < 4.78 is 11.5. The highest BCUT2D eigenvalue weighted by Gasteiger charge is 2.14. The predicted octanol–water partition coefficient (Wildman–Crippen LogP) is 5.67. The van der Waals surface area contributed by atoms with Crippen LogP contribution in [-0.4, -0.2) is 30.7 Å². The second-order valence-corrected chi connectivity index (χ2v) is 6.91.